The average molecular weight is 429 g/mol. The number of benzene rings is 2. The van der Waals surface area contributed by atoms with Crippen LogP contribution in [0.25, 0.3) is 0 Å². The van der Waals surface area contributed by atoms with Gasteiger partial charge in [0.2, 0.25) is 5.91 Å². The number of nitrogens with zero attached hydrogens (tertiary/aromatic N) is 1. The summed E-state index contributed by atoms with van der Waals surface area (Å²) >= 11 is 0. The van der Waals surface area contributed by atoms with Crippen LogP contribution in [0.5, 0.6) is 5.75 Å². The van der Waals surface area contributed by atoms with Crippen LogP contribution >= 0.6 is 0 Å². The second-order valence-electron chi connectivity index (χ2n) is 8.37. The Labute approximate surface area is 178 Å². The van der Waals surface area contributed by atoms with Crippen molar-refractivity contribution in [3.05, 3.63) is 59.7 Å². The number of hydrogen-bond donors (Lipinski definition) is 1. The van der Waals surface area contributed by atoms with Crippen LogP contribution in [0.15, 0.2) is 47.9 Å². The van der Waals surface area contributed by atoms with Crippen molar-refractivity contribution in [2.24, 2.45) is 5.41 Å². The summed E-state index contributed by atoms with van der Waals surface area (Å²) in [5, 5.41) is 0. The van der Waals surface area contributed by atoms with E-state index in [9.17, 15) is 13.2 Å². The van der Waals surface area contributed by atoms with Gasteiger partial charge in [-0.15, -0.1) is 6.58 Å². The van der Waals surface area contributed by atoms with E-state index in [4.69, 9.17) is 4.74 Å². The van der Waals surface area contributed by atoms with E-state index < -0.39 is 15.4 Å². The summed E-state index contributed by atoms with van der Waals surface area (Å²) < 4.78 is 34.6. The fourth-order valence-electron chi connectivity index (χ4n) is 3.45. The van der Waals surface area contributed by atoms with E-state index in [2.05, 4.69) is 11.3 Å². The number of aryl methyl sites for hydroxylation is 3. The van der Waals surface area contributed by atoms with E-state index in [-0.39, 0.29) is 17.4 Å². The zero-order chi connectivity index (χ0) is 22.3. The molecule has 0 spiro atoms. The number of carbonyl (C=O) groups excluding carboxylic acids is 1. The highest BCUT2D eigenvalue weighted by molar-refractivity contribution is 7.92. The van der Waals surface area contributed by atoms with Crippen molar-refractivity contribution in [3.8, 4) is 5.75 Å². The molecule has 7 heteroatoms. The van der Waals surface area contributed by atoms with Crippen molar-refractivity contribution >= 4 is 27.3 Å². The van der Waals surface area contributed by atoms with Gasteiger partial charge in [0.15, 0.2) is 0 Å². The molecule has 0 radical (unpaired) electrons. The molecule has 0 saturated carbocycles. The predicted molar refractivity (Wildman–Crippen MR) is 120 cm³/mol. The number of sulfonamides is 1. The Morgan fingerprint density at radius 1 is 1.13 bits per heavy atom. The third-order valence-corrected chi connectivity index (χ3v) is 6.83. The van der Waals surface area contributed by atoms with Crippen LogP contribution in [0.4, 0.5) is 11.4 Å². The number of ether oxygens (including phenoxy) is 1. The summed E-state index contributed by atoms with van der Waals surface area (Å²) in [6, 6.07) is 8.50. The number of nitrogens with one attached hydrogen (secondary N) is 1. The lowest BCUT2D eigenvalue weighted by Gasteiger charge is -2.27. The standard InChI is InChI=1S/C23H28N2O4S/c1-7-10-25-19-13-18(8-9-20(19)29-14-23(5,6)22(25)26)24-30(27,28)21-12-16(3)15(2)11-17(21)4/h7-9,11-13,24H,1,10,14H2,2-6H3. The van der Waals surface area contributed by atoms with Gasteiger partial charge in [-0.25, -0.2) is 8.42 Å². The van der Waals surface area contributed by atoms with E-state index >= 15 is 0 Å². The zero-order valence-corrected chi connectivity index (χ0v) is 18.9. The molecule has 0 atom stereocenters. The van der Waals surface area contributed by atoms with Crippen molar-refractivity contribution in [1.82, 2.24) is 0 Å². The molecule has 1 heterocycles. The smallest absolute Gasteiger partial charge is 0.262 e. The van der Waals surface area contributed by atoms with E-state index in [0.29, 0.717) is 29.2 Å². The van der Waals surface area contributed by atoms with Gasteiger partial charge >= 0.3 is 0 Å². The molecule has 160 valence electrons. The van der Waals surface area contributed by atoms with Crippen molar-refractivity contribution < 1.29 is 17.9 Å². The molecule has 1 N–H and O–H groups in total. The first-order chi connectivity index (χ1) is 14.0. The van der Waals surface area contributed by atoms with Gasteiger partial charge in [0, 0.05) is 6.54 Å². The molecule has 2 aromatic carbocycles. The highest BCUT2D eigenvalue weighted by Gasteiger charge is 2.37. The molecule has 30 heavy (non-hydrogen) atoms. The van der Waals surface area contributed by atoms with E-state index in [1.165, 1.54) is 0 Å². The molecule has 2 aromatic rings. The van der Waals surface area contributed by atoms with Gasteiger partial charge in [-0.3, -0.25) is 9.52 Å². The molecular formula is C23H28N2O4S. The largest absolute Gasteiger partial charge is 0.490 e. The van der Waals surface area contributed by atoms with Crippen molar-refractivity contribution in [2.75, 3.05) is 22.8 Å². The number of amides is 1. The monoisotopic (exact) mass is 428 g/mol. The molecule has 0 saturated heterocycles. The van der Waals surface area contributed by atoms with Crippen LogP contribution < -0.4 is 14.4 Å². The Hall–Kier alpha value is -2.80. The third-order valence-electron chi connectivity index (χ3n) is 5.31. The molecule has 0 fully saturated rings. The van der Waals surface area contributed by atoms with Gasteiger partial charge in [0.25, 0.3) is 10.0 Å². The van der Waals surface area contributed by atoms with Gasteiger partial charge in [-0.2, -0.15) is 0 Å². The fourth-order valence-corrected chi connectivity index (χ4v) is 4.81. The van der Waals surface area contributed by atoms with Gasteiger partial charge in [-0.05, 0) is 75.6 Å². The number of fused-ring (bicyclic) bond motifs is 1. The number of carbonyl (C=O) groups is 1. The highest BCUT2D eigenvalue weighted by atomic mass is 32.2. The molecule has 1 aliphatic rings. The lowest BCUT2D eigenvalue weighted by molar-refractivity contribution is -0.127. The van der Waals surface area contributed by atoms with Crippen molar-refractivity contribution in [1.29, 1.82) is 0 Å². The topological polar surface area (TPSA) is 75.7 Å². The molecule has 0 aromatic heterocycles. The molecule has 0 bridgehead atoms. The normalized spacial score (nSPS) is 15.8. The van der Waals surface area contributed by atoms with Crippen LogP contribution in [0.1, 0.15) is 30.5 Å². The van der Waals surface area contributed by atoms with Crippen molar-refractivity contribution in [2.45, 2.75) is 39.5 Å². The molecular weight excluding hydrogens is 400 g/mol. The molecule has 6 nitrogen and oxygen atoms in total. The van der Waals surface area contributed by atoms with Gasteiger partial charge < -0.3 is 9.64 Å². The summed E-state index contributed by atoms with van der Waals surface area (Å²) in [6.07, 6.45) is 1.64. The van der Waals surface area contributed by atoms with Crippen LogP contribution in [0.2, 0.25) is 0 Å². The predicted octanol–water partition coefficient (Wildman–Crippen LogP) is 4.35. The van der Waals surface area contributed by atoms with Gasteiger partial charge in [0.1, 0.15) is 12.4 Å². The number of anilines is 2. The first-order valence-electron chi connectivity index (χ1n) is 9.76. The second-order valence-corrected chi connectivity index (χ2v) is 10.0. The van der Waals surface area contributed by atoms with E-state index in [0.717, 1.165) is 11.1 Å². The van der Waals surface area contributed by atoms with Gasteiger partial charge in [0.05, 0.1) is 21.7 Å². The summed E-state index contributed by atoms with van der Waals surface area (Å²) in [5.74, 6) is 0.423. The summed E-state index contributed by atoms with van der Waals surface area (Å²) in [5.41, 5.74) is 2.78. The maximum absolute atomic E-state index is 13.1. The summed E-state index contributed by atoms with van der Waals surface area (Å²) in [7, 11) is -3.80. The maximum atomic E-state index is 13.1. The Bertz CT molecular complexity index is 1120. The van der Waals surface area contributed by atoms with Crippen LogP contribution in [-0.4, -0.2) is 27.5 Å². The Kier molecular flexibility index (Phi) is 5.69. The Balaban J connectivity index is 2.02. The number of hydrogen-bond acceptors (Lipinski definition) is 4. The minimum atomic E-state index is -3.80. The zero-order valence-electron chi connectivity index (χ0n) is 18.1. The van der Waals surface area contributed by atoms with Crippen LogP contribution in [-0.2, 0) is 14.8 Å². The molecule has 1 aliphatic heterocycles. The van der Waals surface area contributed by atoms with Gasteiger partial charge in [-0.1, -0.05) is 12.1 Å². The molecule has 1 amide bonds. The third kappa shape index (κ3) is 4.07. The van der Waals surface area contributed by atoms with E-state index in [1.54, 1.807) is 42.2 Å². The fraction of sp³-hybridized carbons (Fsp3) is 0.348. The Morgan fingerprint density at radius 2 is 1.80 bits per heavy atom. The number of rotatable bonds is 5. The van der Waals surface area contributed by atoms with E-state index in [1.807, 2.05) is 33.8 Å². The molecule has 0 unspecified atom stereocenters. The van der Waals surface area contributed by atoms with Crippen molar-refractivity contribution in [3.63, 3.8) is 0 Å². The van der Waals surface area contributed by atoms with Crippen LogP contribution in [0.3, 0.4) is 0 Å². The quantitative estimate of drug-likeness (QED) is 0.719. The second kappa shape index (κ2) is 7.80. The minimum Gasteiger partial charge on any atom is -0.490 e. The highest BCUT2D eigenvalue weighted by Crippen LogP contribution is 2.38. The summed E-state index contributed by atoms with van der Waals surface area (Å²) in [6.45, 7) is 13.5. The summed E-state index contributed by atoms with van der Waals surface area (Å²) in [4.78, 5) is 14.8. The average Bonchev–Trinajstić information content (AvgIpc) is 2.75. The SMILES string of the molecule is C=CCN1C(=O)C(C)(C)COc2ccc(NS(=O)(=O)c3cc(C)c(C)cc3C)cc21. The first kappa shape index (κ1) is 21.9. The molecule has 0 aliphatic carbocycles. The minimum absolute atomic E-state index is 0.105. The lowest BCUT2D eigenvalue weighted by atomic mass is 9.93. The molecule has 3 rings (SSSR count). The first-order valence-corrected chi connectivity index (χ1v) is 11.2. The maximum Gasteiger partial charge on any atom is 0.262 e. The lowest BCUT2D eigenvalue weighted by Crippen LogP contribution is -2.42. The van der Waals surface area contributed by atoms with Crippen LogP contribution in [0, 0.1) is 26.2 Å². The Morgan fingerprint density at radius 3 is 2.47 bits per heavy atom.